The lowest BCUT2D eigenvalue weighted by atomic mass is 10.1. The van der Waals surface area contributed by atoms with Crippen LogP contribution in [0.2, 0.25) is 0 Å². The van der Waals surface area contributed by atoms with Gasteiger partial charge in [-0.15, -0.1) is 11.3 Å². The summed E-state index contributed by atoms with van der Waals surface area (Å²) >= 11 is 1.63. The Bertz CT molecular complexity index is 583. The van der Waals surface area contributed by atoms with Gasteiger partial charge in [0.2, 0.25) is 0 Å². The third kappa shape index (κ3) is 5.12. The third-order valence-electron chi connectivity index (χ3n) is 3.08. The molecule has 114 valence electrons. The van der Waals surface area contributed by atoms with Crippen LogP contribution in [0.4, 0.5) is 0 Å². The van der Waals surface area contributed by atoms with Gasteiger partial charge in [0.1, 0.15) is 23.5 Å². The van der Waals surface area contributed by atoms with Crippen molar-refractivity contribution in [1.82, 2.24) is 10.3 Å². The van der Waals surface area contributed by atoms with Crippen molar-refractivity contribution in [1.29, 1.82) is 0 Å². The van der Waals surface area contributed by atoms with Gasteiger partial charge < -0.3 is 15.2 Å². The number of benzene rings is 1. The molecular weight excluding hydrogens is 284 g/mol. The lowest BCUT2D eigenvalue weighted by Crippen LogP contribution is -2.31. The number of thiazole rings is 1. The van der Waals surface area contributed by atoms with Gasteiger partial charge in [0.05, 0.1) is 0 Å². The van der Waals surface area contributed by atoms with Crippen LogP contribution >= 0.6 is 11.3 Å². The zero-order valence-electron chi connectivity index (χ0n) is 12.7. The average molecular weight is 306 g/mol. The Balaban J connectivity index is 1.70. The van der Waals surface area contributed by atoms with Crippen LogP contribution in [0.5, 0.6) is 5.75 Å². The number of aliphatic hydroxyl groups is 1. The number of hydrogen-bond acceptors (Lipinski definition) is 5. The van der Waals surface area contributed by atoms with Gasteiger partial charge in [-0.2, -0.15) is 0 Å². The maximum atomic E-state index is 9.93. The van der Waals surface area contributed by atoms with E-state index in [0.717, 1.165) is 22.0 Å². The Kier molecular flexibility index (Phi) is 5.73. The minimum Gasteiger partial charge on any atom is -0.491 e. The second-order valence-corrected chi connectivity index (χ2v) is 6.19. The second kappa shape index (κ2) is 7.54. The summed E-state index contributed by atoms with van der Waals surface area (Å²) in [5, 5.41) is 16.2. The zero-order valence-corrected chi connectivity index (χ0v) is 13.5. The fourth-order valence-corrected chi connectivity index (χ4v) is 2.78. The summed E-state index contributed by atoms with van der Waals surface area (Å²) < 4.78 is 5.66. The lowest BCUT2D eigenvalue weighted by molar-refractivity contribution is 0.106. The summed E-state index contributed by atoms with van der Waals surface area (Å²) in [7, 11) is 0. The highest BCUT2D eigenvalue weighted by molar-refractivity contribution is 7.09. The lowest BCUT2D eigenvalue weighted by Gasteiger charge is -2.14. The van der Waals surface area contributed by atoms with Gasteiger partial charge in [0.15, 0.2) is 0 Å². The molecule has 0 saturated heterocycles. The van der Waals surface area contributed by atoms with Crippen LogP contribution in [0.1, 0.15) is 21.8 Å². The Morgan fingerprint density at radius 2 is 2.14 bits per heavy atom. The van der Waals surface area contributed by atoms with E-state index in [1.54, 1.807) is 11.3 Å². The van der Waals surface area contributed by atoms with Gasteiger partial charge in [-0.05, 0) is 32.4 Å². The van der Waals surface area contributed by atoms with Gasteiger partial charge >= 0.3 is 0 Å². The molecule has 2 aromatic rings. The van der Waals surface area contributed by atoms with E-state index in [1.165, 1.54) is 5.56 Å². The number of nitrogens with one attached hydrogen (secondary N) is 1. The van der Waals surface area contributed by atoms with Crippen molar-refractivity contribution in [3.63, 3.8) is 0 Å². The molecule has 2 N–H and O–H groups in total. The van der Waals surface area contributed by atoms with Crippen LogP contribution in [-0.2, 0) is 6.54 Å². The SMILES string of the molecule is Cc1ccc(OCC(O)CNCc2nc(C)cs2)c(C)c1. The van der Waals surface area contributed by atoms with Gasteiger partial charge in [-0.25, -0.2) is 4.98 Å². The molecule has 0 saturated carbocycles. The van der Waals surface area contributed by atoms with E-state index < -0.39 is 6.10 Å². The highest BCUT2D eigenvalue weighted by atomic mass is 32.1. The van der Waals surface area contributed by atoms with Crippen LogP contribution in [0.3, 0.4) is 0 Å². The van der Waals surface area contributed by atoms with Crippen LogP contribution in [0.25, 0.3) is 0 Å². The molecule has 5 heteroatoms. The summed E-state index contributed by atoms with van der Waals surface area (Å²) in [6, 6.07) is 6.03. The molecule has 0 amide bonds. The number of rotatable bonds is 7. The van der Waals surface area contributed by atoms with E-state index in [1.807, 2.05) is 31.4 Å². The number of hydrogen-bond donors (Lipinski definition) is 2. The molecule has 0 aliphatic carbocycles. The first-order valence-electron chi connectivity index (χ1n) is 7.04. The summed E-state index contributed by atoms with van der Waals surface area (Å²) in [6.45, 7) is 7.50. The highest BCUT2D eigenvalue weighted by Gasteiger charge is 2.07. The highest BCUT2D eigenvalue weighted by Crippen LogP contribution is 2.18. The number of ether oxygens (including phenoxy) is 1. The predicted molar refractivity (Wildman–Crippen MR) is 86.0 cm³/mol. The van der Waals surface area contributed by atoms with Crippen molar-refractivity contribution in [3.05, 3.63) is 45.4 Å². The monoisotopic (exact) mass is 306 g/mol. The zero-order chi connectivity index (χ0) is 15.2. The van der Waals surface area contributed by atoms with Crippen molar-refractivity contribution in [3.8, 4) is 5.75 Å². The molecule has 1 atom stereocenters. The quantitative estimate of drug-likeness (QED) is 0.825. The molecule has 1 aromatic heterocycles. The van der Waals surface area contributed by atoms with Gasteiger partial charge in [0, 0.05) is 24.2 Å². The second-order valence-electron chi connectivity index (χ2n) is 5.25. The van der Waals surface area contributed by atoms with E-state index >= 15 is 0 Å². The van der Waals surface area contributed by atoms with E-state index in [-0.39, 0.29) is 6.61 Å². The number of nitrogens with zero attached hydrogens (tertiary/aromatic N) is 1. The minimum absolute atomic E-state index is 0.286. The van der Waals surface area contributed by atoms with E-state index in [2.05, 4.69) is 23.3 Å². The average Bonchev–Trinajstić information content (AvgIpc) is 2.83. The Hall–Kier alpha value is -1.43. The first-order chi connectivity index (χ1) is 10.0. The number of aryl methyl sites for hydroxylation is 3. The molecule has 0 bridgehead atoms. The standard InChI is InChI=1S/C16H22N2O2S/c1-11-4-5-15(12(2)6-11)20-9-14(19)7-17-8-16-18-13(3)10-21-16/h4-6,10,14,17,19H,7-9H2,1-3H3. The number of aromatic nitrogens is 1. The minimum atomic E-state index is -0.535. The van der Waals surface area contributed by atoms with Crippen molar-refractivity contribution in [2.45, 2.75) is 33.4 Å². The molecule has 0 radical (unpaired) electrons. The normalized spacial score (nSPS) is 12.4. The maximum absolute atomic E-state index is 9.93. The van der Waals surface area contributed by atoms with E-state index in [0.29, 0.717) is 13.1 Å². The van der Waals surface area contributed by atoms with Crippen LogP contribution in [-0.4, -0.2) is 29.3 Å². The molecule has 0 aliphatic rings. The molecule has 2 rings (SSSR count). The Morgan fingerprint density at radius 3 is 2.81 bits per heavy atom. The van der Waals surface area contributed by atoms with Crippen molar-refractivity contribution in [2.75, 3.05) is 13.2 Å². The van der Waals surface area contributed by atoms with Gasteiger partial charge in [-0.1, -0.05) is 17.7 Å². The molecule has 0 aliphatic heterocycles. The molecule has 1 unspecified atom stereocenters. The van der Waals surface area contributed by atoms with E-state index in [9.17, 15) is 5.11 Å². The first kappa shape index (κ1) is 15.9. The van der Waals surface area contributed by atoms with E-state index in [4.69, 9.17) is 4.74 Å². The topological polar surface area (TPSA) is 54.4 Å². The van der Waals surface area contributed by atoms with Crippen LogP contribution < -0.4 is 10.1 Å². The summed E-state index contributed by atoms with van der Waals surface area (Å²) in [6.07, 6.45) is -0.535. The van der Waals surface area contributed by atoms with Crippen molar-refractivity contribution in [2.24, 2.45) is 0 Å². The molecule has 21 heavy (non-hydrogen) atoms. The van der Waals surface area contributed by atoms with Crippen LogP contribution in [0, 0.1) is 20.8 Å². The molecular formula is C16H22N2O2S. The smallest absolute Gasteiger partial charge is 0.122 e. The summed E-state index contributed by atoms with van der Waals surface area (Å²) in [4.78, 5) is 4.36. The fourth-order valence-electron chi connectivity index (χ4n) is 2.04. The maximum Gasteiger partial charge on any atom is 0.122 e. The van der Waals surface area contributed by atoms with Gasteiger partial charge in [0.25, 0.3) is 0 Å². The first-order valence-corrected chi connectivity index (χ1v) is 7.92. The molecule has 1 aromatic carbocycles. The molecule has 4 nitrogen and oxygen atoms in total. The van der Waals surface area contributed by atoms with Crippen molar-refractivity contribution >= 4 is 11.3 Å². The summed E-state index contributed by atoms with van der Waals surface area (Å²) in [5.74, 6) is 0.829. The number of aliphatic hydroxyl groups excluding tert-OH is 1. The predicted octanol–water partition coefficient (Wildman–Crippen LogP) is 2.60. The fraction of sp³-hybridized carbons (Fsp3) is 0.438. The largest absolute Gasteiger partial charge is 0.491 e. The molecule has 0 spiro atoms. The Morgan fingerprint density at radius 1 is 1.33 bits per heavy atom. The molecule has 1 heterocycles. The summed E-state index contributed by atoms with van der Waals surface area (Å²) in [5.41, 5.74) is 3.34. The van der Waals surface area contributed by atoms with Crippen molar-refractivity contribution < 1.29 is 9.84 Å². The third-order valence-corrected chi connectivity index (χ3v) is 4.05. The molecule has 0 fully saturated rings. The Labute approximate surface area is 129 Å². The van der Waals surface area contributed by atoms with Crippen LogP contribution in [0.15, 0.2) is 23.6 Å². The van der Waals surface area contributed by atoms with Gasteiger partial charge in [-0.3, -0.25) is 0 Å².